The second-order valence-electron chi connectivity index (χ2n) is 5.19. The first-order chi connectivity index (χ1) is 10.1. The molecule has 0 heterocycles. The Labute approximate surface area is 131 Å². The van der Waals surface area contributed by atoms with Crippen LogP contribution in [0.2, 0.25) is 0 Å². The first-order valence-corrected chi connectivity index (χ1v) is 9.87. The highest BCUT2D eigenvalue weighted by Crippen LogP contribution is 2.25. The molecule has 0 atom stereocenters. The maximum absolute atomic E-state index is 12.4. The normalized spacial score (nSPS) is 12.1. The third-order valence-corrected chi connectivity index (χ3v) is 5.63. The molecule has 0 aliphatic heterocycles. The van der Waals surface area contributed by atoms with E-state index < -0.39 is 19.9 Å². The van der Waals surface area contributed by atoms with Crippen molar-refractivity contribution in [2.24, 2.45) is 0 Å². The van der Waals surface area contributed by atoms with E-state index >= 15 is 0 Å². The topological polar surface area (TPSA) is 80.3 Å². The van der Waals surface area contributed by atoms with Crippen molar-refractivity contribution in [3.05, 3.63) is 53.6 Å². The Kier molecular flexibility index (Phi) is 4.30. The van der Waals surface area contributed by atoms with E-state index in [0.29, 0.717) is 0 Å². The van der Waals surface area contributed by atoms with Gasteiger partial charge in [0.25, 0.3) is 10.0 Å². The highest BCUT2D eigenvalue weighted by Gasteiger charge is 2.20. The molecule has 0 bridgehead atoms. The van der Waals surface area contributed by atoms with Crippen molar-refractivity contribution in [3.63, 3.8) is 0 Å². The van der Waals surface area contributed by atoms with E-state index in [4.69, 9.17) is 0 Å². The molecule has 7 heteroatoms. The molecule has 0 aliphatic rings. The summed E-state index contributed by atoms with van der Waals surface area (Å²) < 4.78 is 50.8. The van der Waals surface area contributed by atoms with Crippen LogP contribution in [-0.4, -0.2) is 23.1 Å². The van der Waals surface area contributed by atoms with Gasteiger partial charge in [-0.1, -0.05) is 23.8 Å². The van der Waals surface area contributed by atoms with Gasteiger partial charge in [0.05, 0.1) is 15.5 Å². The van der Waals surface area contributed by atoms with E-state index in [0.717, 1.165) is 17.4 Å². The van der Waals surface area contributed by atoms with Crippen LogP contribution in [0, 0.1) is 13.8 Å². The Morgan fingerprint density at radius 1 is 0.818 bits per heavy atom. The molecule has 0 amide bonds. The van der Waals surface area contributed by atoms with Gasteiger partial charge in [0.15, 0.2) is 9.84 Å². The van der Waals surface area contributed by atoms with Crippen LogP contribution in [0.1, 0.15) is 11.1 Å². The number of aryl methyl sites for hydroxylation is 2. The van der Waals surface area contributed by atoms with E-state index in [1.165, 1.54) is 24.3 Å². The summed E-state index contributed by atoms with van der Waals surface area (Å²) in [4.78, 5) is 0.0429. The summed E-state index contributed by atoms with van der Waals surface area (Å²) >= 11 is 0. The summed E-state index contributed by atoms with van der Waals surface area (Å²) in [7, 11) is -7.38. The van der Waals surface area contributed by atoms with Gasteiger partial charge in [-0.25, -0.2) is 16.8 Å². The molecule has 2 aromatic rings. The molecule has 0 spiro atoms. The molecule has 0 aliphatic carbocycles. The number of hydrogen-bond acceptors (Lipinski definition) is 4. The Balaban J connectivity index is 2.49. The zero-order chi connectivity index (χ0) is 16.5. The molecule has 1 N–H and O–H groups in total. The Morgan fingerprint density at radius 3 is 1.91 bits per heavy atom. The molecule has 118 valence electrons. The minimum absolute atomic E-state index is 0.0387. The molecule has 22 heavy (non-hydrogen) atoms. The highest BCUT2D eigenvalue weighted by atomic mass is 32.2. The third kappa shape index (κ3) is 3.66. The van der Waals surface area contributed by atoms with Crippen molar-refractivity contribution in [1.82, 2.24) is 0 Å². The van der Waals surface area contributed by atoms with Crippen molar-refractivity contribution in [3.8, 4) is 0 Å². The summed E-state index contributed by atoms with van der Waals surface area (Å²) in [5.41, 5.74) is 1.72. The van der Waals surface area contributed by atoms with Gasteiger partial charge in [-0.15, -0.1) is 0 Å². The summed E-state index contributed by atoms with van der Waals surface area (Å²) in [6, 6.07) is 10.9. The van der Waals surface area contributed by atoms with Gasteiger partial charge < -0.3 is 0 Å². The van der Waals surface area contributed by atoms with Crippen LogP contribution in [0.15, 0.2) is 52.3 Å². The monoisotopic (exact) mass is 339 g/mol. The first kappa shape index (κ1) is 16.5. The second kappa shape index (κ2) is 5.73. The number of nitrogens with one attached hydrogen (secondary N) is 1. The van der Waals surface area contributed by atoms with Crippen LogP contribution >= 0.6 is 0 Å². The van der Waals surface area contributed by atoms with Crippen LogP contribution in [0.4, 0.5) is 5.69 Å². The number of sulfonamides is 1. The van der Waals surface area contributed by atoms with Crippen LogP contribution in [0.5, 0.6) is 0 Å². The van der Waals surface area contributed by atoms with Gasteiger partial charge >= 0.3 is 0 Å². The molecule has 2 rings (SSSR count). The zero-order valence-electron chi connectivity index (χ0n) is 12.5. The Hall–Kier alpha value is -1.86. The predicted octanol–water partition coefficient (Wildman–Crippen LogP) is 2.51. The summed E-state index contributed by atoms with van der Waals surface area (Å²) in [6.07, 6.45) is 1.05. The van der Waals surface area contributed by atoms with Crippen molar-refractivity contribution in [2.75, 3.05) is 11.0 Å². The Bertz CT molecular complexity index is 899. The average molecular weight is 339 g/mol. The number of benzene rings is 2. The largest absolute Gasteiger partial charge is 0.278 e. The van der Waals surface area contributed by atoms with Gasteiger partial charge in [-0.2, -0.15) is 0 Å². The number of hydrogen-bond donors (Lipinski definition) is 1. The lowest BCUT2D eigenvalue weighted by Gasteiger charge is -2.12. The van der Waals surface area contributed by atoms with Gasteiger partial charge in [0.2, 0.25) is 0 Å². The number of sulfone groups is 1. The van der Waals surface area contributed by atoms with Gasteiger partial charge in [-0.3, -0.25) is 4.72 Å². The van der Waals surface area contributed by atoms with Crippen molar-refractivity contribution >= 4 is 25.5 Å². The summed E-state index contributed by atoms with van der Waals surface area (Å²) in [5, 5.41) is 0. The molecule has 0 radical (unpaired) electrons. The first-order valence-electron chi connectivity index (χ1n) is 6.50. The van der Waals surface area contributed by atoms with Crippen LogP contribution in [-0.2, 0) is 19.9 Å². The molecular weight excluding hydrogens is 322 g/mol. The molecular formula is C15H17NO4S2. The SMILES string of the molecule is Cc1ccc(S(=O)(=O)Nc2ccc(C)cc2S(C)(=O)=O)cc1. The van der Waals surface area contributed by atoms with E-state index in [9.17, 15) is 16.8 Å². The average Bonchev–Trinajstić information content (AvgIpc) is 2.40. The molecule has 2 aromatic carbocycles. The minimum Gasteiger partial charge on any atom is -0.278 e. The van der Waals surface area contributed by atoms with Crippen LogP contribution < -0.4 is 4.72 Å². The second-order valence-corrected chi connectivity index (χ2v) is 8.86. The van der Waals surface area contributed by atoms with Crippen LogP contribution in [0.25, 0.3) is 0 Å². The fraction of sp³-hybridized carbons (Fsp3) is 0.200. The standard InChI is InChI=1S/C15H17NO4S2/c1-11-4-7-13(8-5-11)22(19,20)16-14-9-6-12(2)10-15(14)21(3,17)18/h4-10,16H,1-3H3. The summed E-state index contributed by atoms with van der Waals surface area (Å²) in [6.45, 7) is 3.60. The molecule has 0 aromatic heterocycles. The zero-order valence-corrected chi connectivity index (χ0v) is 14.1. The molecule has 0 saturated heterocycles. The third-order valence-electron chi connectivity index (χ3n) is 3.11. The number of rotatable bonds is 4. The summed E-state index contributed by atoms with van der Waals surface area (Å²) in [5.74, 6) is 0. The lowest BCUT2D eigenvalue weighted by molar-refractivity contribution is 0.601. The van der Waals surface area contributed by atoms with Gasteiger partial charge in [0, 0.05) is 6.26 Å². The minimum atomic E-state index is -3.84. The predicted molar refractivity (Wildman–Crippen MR) is 86.3 cm³/mol. The van der Waals surface area contributed by atoms with Gasteiger partial charge in [-0.05, 0) is 43.7 Å². The van der Waals surface area contributed by atoms with Crippen molar-refractivity contribution in [2.45, 2.75) is 23.6 Å². The maximum Gasteiger partial charge on any atom is 0.261 e. The van der Waals surface area contributed by atoms with Crippen molar-refractivity contribution in [1.29, 1.82) is 0 Å². The molecule has 0 unspecified atom stereocenters. The van der Waals surface area contributed by atoms with E-state index in [1.54, 1.807) is 25.1 Å². The lowest BCUT2D eigenvalue weighted by atomic mass is 10.2. The van der Waals surface area contributed by atoms with Crippen molar-refractivity contribution < 1.29 is 16.8 Å². The van der Waals surface area contributed by atoms with Gasteiger partial charge in [0.1, 0.15) is 0 Å². The van der Waals surface area contributed by atoms with E-state index in [-0.39, 0.29) is 15.5 Å². The fourth-order valence-corrected chi connectivity index (χ4v) is 4.00. The highest BCUT2D eigenvalue weighted by molar-refractivity contribution is 7.93. The van der Waals surface area contributed by atoms with E-state index in [1.807, 2.05) is 6.92 Å². The fourth-order valence-electron chi connectivity index (χ4n) is 1.94. The lowest BCUT2D eigenvalue weighted by Crippen LogP contribution is -2.15. The molecule has 5 nitrogen and oxygen atoms in total. The smallest absolute Gasteiger partial charge is 0.261 e. The Morgan fingerprint density at radius 2 is 1.36 bits per heavy atom. The molecule has 0 saturated carbocycles. The number of anilines is 1. The van der Waals surface area contributed by atoms with Crippen LogP contribution in [0.3, 0.4) is 0 Å². The maximum atomic E-state index is 12.4. The van der Waals surface area contributed by atoms with E-state index in [2.05, 4.69) is 4.72 Å². The molecule has 0 fully saturated rings. The quantitative estimate of drug-likeness (QED) is 0.928.